The predicted octanol–water partition coefficient (Wildman–Crippen LogP) is 3.46. The largest absolute Gasteiger partial charge is 0.454 e. The summed E-state index contributed by atoms with van der Waals surface area (Å²) in [7, 11) is 0. The second-order valence-corrected chi connectivity index (χ2v) is 5.40. The lowest BCUT2D eigenvalue weighted by atomic mass is 10.0. The van der Waals surface area contributed by atoms with Crippen LogP contribution in [0.3, 0.4) is 0 Å². The first-order valence-electron chi connectivity index (χ1n) is 5.12. The molecule has 80 valence electrons. The van der Waals surface area contributed by atoms with Crippen LogP contribution >= 0.6 is 15.9 Å². The molecular weight excluding hydrogens is 256 g/mol. The Labute approximate surface area is 97.8 Å². The average Bonchev–Trinajstić information content (AvgIpc) is 2.54. The number of hydrogen-bond acceptors (Lipinski definition) is 2. The third kappa shape index (κ3) is 2.23. The minimum Gasteiger partial charge on any atom is -0.454 e. The van der Waals surface area contributed by atoms with Crippen LogP contribution in [0.5, 0.6) is 0 Å². The standard InChI is InChI=1S/C12H13BrO2/c1-8(13)6-7-11-9-4-2-3-5-10(9)12(14)15-11/h2-5,8,11H,6-7H2,1H3. The van der Waals surface area contributed by atoms with Crippen molar-refractivity contribution in [2.24, 2.45) is 0 Å². The summed E-state index contributed by atoms with van der Waals surface area (Å²) >= 11 is 3.50. The van der Waals surface area contributed by atoms with Crippen molar-refractivity contribution in [1.82, 2.24) is 0 Å². The van der Waals surface area contributed by atoms with Crippen molar-refractivity contribution in [3.8, 4) is 0 Å². The molecular formula is C12H13BrO2. The van der Waals surface area contributed by atoms with E-state index in [1.165, 1.54) is 0 Å². The summed E-state index contributed by atoms with van der Waals surface area (Å²) in [6, 6.07) is 7.62. The Hall–Kier alpha value is -0.830. The van der Waals surface area contributed by atoms with Crippen LogP contribution in [0.1, 0.15) is 41.8 Å². The number of carbonyl (C=O) groups is 1. The third-order valence-corrected chi connectivity index (χ3v) is 3.06. The van der Waals surface area contributed by atoms with Crippen molar-refractivity contribution in [3.05, 3.63) is 35.4 Å². The summed E-state index contributed by atoms with van der Waals surface area (Å²) in [5.41, 5.74) is 1.76. The van der Waals surface area contributed by atoms with E-state index in [2.05, 4.69) is 22.9 Å². The molecule has 1 heterocycles. The predicted molar refractivity (Wildman–Crippen MR) is 62.2 cm³/mol. The highest BCUT2D eigenvalue weighted by atomic mass is 79.9. The Morgan fingerprint density at radius 3 is 2.93 bits per heavy atom. The molecule has 1 aromatic carbocycles. The molecule has 0 radical (unpaired) electrons. The first kappa shape index (κ1) is 10.7. The van der Waals surface area contributed by atoms with Gasteiger partial charge in [0.05, 0.1) is 5.56 Å². The van der Waals surface area contributed by atoms with Gasteiger partial charge in [0.2, 0.25) is 0 Å². The number of alkyl halides is 1. The highest BCUT2D eigenvalue weighted by molar-refractivity contribution is 9.09. The van der Waals surface area contributed by atoms with Crippen molar-refractivity contribution in [3.63, 3.8) is 0 Å². The van der Waals surface area contributed by atoms with Gasteiger partial charge in [0.25, 0.3) is 0 Å². The molecule has 1 aromatic rings. The molecule has 2 unspecified atom stereocenters. The molecule has 3 heteroatoms. The number of rotatable bonds is 3. The van der Waals surface area contributed by atoms with Crippen LogP contribution < -0.4 is 0 Å². The van der Waals surface area contributed by atoms with Crippen LogP contribution in [0, 0.1) is 0 Å². The number of ether oxygens (including phenoxy) is 1. The quantitative estimate of drug-likeness (QED) is 0.620. The number of fused-ring (bicyclic) bond motifs is 1. The van der Waals surface area contributed by atoms with Gasteiger partial charge in [0, 0.05) is 10.4 Å². The molecule has 0 aliphatic carbocycles. The van der Waals surface area contributed by atoms with Gasteiger partial charge in [-0.1, -0.05) is 41.1 Å². The zero-order valence-corrected chi connectivity index (χ0v) is 10.2. The molecule has 2 nitrogen and oxygen atoms in total. The Kier molecular flexibility index (Phi) is 3.10. The van der Waals surface area contributed by atoms with E-state index in [0.29, 0.717) is 4.83 Å². The van der Waals surface area contributed by atoms with E-state index in [0.717, 1.165) is 24.0 Å². The lowest BCUT2D eigenvalue weighted by Gasteiger charge is -2.11. The van der Waals surface area contributed by atoms with Gasteiger partial charge in [-0.15, -0.1) is 0 Å². The molecule has 2 rings (SSSR count). The molecule has 0 bridgehead atoms. The van der Waals surface area contributed by atoms with Gasteiger partial charge in [-0.3, -0.25) is 0 Å². The van der Waals surface area contributed by atoms with Crippen LogP contribution in [0.2, 0.25) is 0 Å². The number of carbonyl (C=O) groups excluding carboxylic acids is 1. The minimum atomic E-state index is -0.183. The van der Waals surface area contributed by atoms with Crippen LogP contribution in [-0.2, 0) is 4.74 Å². The van der Waals surface area contributed by atoms with E-state index in [9.17, 15) is 4.79 Å². The summed E-state index contributed by atoms with van der Waals surface area (Å²) in [6.45, 7) is 2.10. The number of esters is 1. The summed E-state index contributed by atoms with van der Waals surface area (Å²) in [5.74, 6) is -0.183. The average molecular weight is 269 g/mol. The highest BCUT2D eigenvalue weighted by Crippen LogP contribution is 2.34. The van der Waals surface area contributed by atoms with E-state index in [-0.39, 0.29) is 12.1 Å². The van der Waals surface area contributed by atoms with E-state index in [1.807, 2.05) is 24.3 Å². The van der Waals surface area contributed by atoms with E-state index in [4.69, 9.17) is 4.74 Å². The lowest BCUT2D eigenvalue weighted by Crippen LogP contribution is -2.01. The lowest BCUT2D eigenvalue weighted by molar-refractivity contribution is 0.0365. The maximum Gasteiger partial charge on any atom is 0.339 e. The molecule has 15 heavy (non-hydrogen) atoms. The Morgan fingerprint density at radius 1 is 1.47 bits per heavy atom. The van der Waals surface area contributed by atoms with Crippen molar-refractivity contribution in [2.45, 2.75) is 30.7 Å². The Bertz CT molecular complexity index is 374. The van der Waals surface area contributed by atoms with E-state index in [1.54, 1.807) is 0 Å². The normalized spacial score (nSPS) is 20.9. The van der Waals surface area contributed by atoms with Crippen LogP contribution in [-0.4, -0.2) is 10.8 Å². The first-order chi connectivity index (χ1) is 7.18. The van der Waals surface area contributed by atoms with Gasteiger partial charge < -0.3 is 4.74 Å². The van der Waals surface area contributed by atoms with E-state index >= 15 is 0 Å². The number of cyclic esters (lactones) is 1. The second-order valence-electron chi connectivity index (χ2n) is 3.84. The Morgan fingerprint density at radius 2 is 2.20 bits per heavy atom. The second kappa shape index (κ2) is 4.35. The molecule has 0 N–H and O–H groups in total. The van der Waals surface area contributed by atoms with Crippen molar-refractivity contribution in [2.75, 3.05) is 0 Å². The van der Waals surface area contributed by atoms with Gasteiger partial charge in [-0.2, -0.15) is 0 Å². The molecule has 0 aromatic heterocycles. The fraction of sp³-hybridized carbons (Fsp3) is 0.417. The summed E-state index contributed by atoms with van der Waals surface area (Å²) < 4.78 is 5.32. The summed E-state index contributed by atoms with van der Waals surface area (Å²) in [4.78, 5) is 11.9. The molecule has 0 saturated heterocycles. The zero-order chi connectivity index (χ0) is 10.8. The summed E-state index contributed by atoms with van der Waals surface area (Å²) in [6.07, 6.45) is 1.84. The summed E-state index contributed by atoms with van der Waals surface area (Å²) in [5, 5.41) is 0. The zero-order valence-electron chi connectivity index (χ0n) is 8.57. The van der Waals surface area contributed by atoms with Crippen molar-refractivity contribution >= 4 is 21.9 Å². The Balaban J connectivity index is 2.14. The van der Waals surface area contributed by atoms with Gasteiger partial charge in [0.15, 0.2) is 0 Å². The van der Waals surface area contributed by atoms with Crippen LogP contribution in [0.4, 0.5) is 0 Å². The molecule has 0 fully saturated rings. The first-order valence-corrected chi connectivity index (χ1v) is 6.04. The van der Waals surface area contributed by atoms with Crippen LogP contribution in [0.15, 0.2) is 24.3 Å². The number of halogens is 1. The van der Waals surface area contributed by atoms with Crippen LogP contribution in [0.25, 0.3) is 0 Å². The molecule has 0 saturated carbocycles. The SMILES string of the molecule is CC(Br)CCC1OC(=O)c2ccccc21. The topological polar surface area (TPSA) is 26.3 Å². The number of hydrogen-bond donors (Lipinski definition) is 0. The molecule has 1 aliphatic rings. The van der Waals surface area contributed by atoms with Gasteiger partial charge in [-0.25, -0.2) is 4.79 Å². The van der Waals surface area contributed by atoms with Crippen molar-refractivity contribution < 1.29 is 9.53 Å². The van der Waals surface area contributed by atoms with Gasteiger partial charge in [0.1, 0.15) is 6.10 Å². The molecule has 0 spiro atoms. The van der Waals surface area contributed by atoms with Gasteiger partial charge in [-0.05, 0) is 18.9 Å². The van der Waals surface area contributed by atoms with Crippen molar-refractivity contribution in [1.29, 1.82) is 0 Å². The fourth-order valence-corrected chi connectivity index (χ4v) is 2.08. The monoisotopic (exact) mass is 268 g/mol. The number of benzene rings is 1. The smallest absolute Gasteiger partial charge is 0.339 e. The fourth-order valence-electron chi connectivity index (χ4n) is 1.82. The highest BCUT2D eigenvalue weighted by Gasteiger charge is 2.29. The molecule has 1 aliphatic heterocycles. The van der Waals surface area contributed by atoms with Gasteiger partial charge >= 0.3 is 5.97 Å². The maximum atomic E-state index is 11.5. The maximum absolute atomic E-state index is 11.5. The molecule has 0 amide bonds. The third-order valence-electron chi connectivity index (χ3n) is 2.60. The molecule has 2 atom stereocenters. The minimum absolute atomic E-state index is 0.0475. The van der Waals surface area contributed by atoms with E-state index < -0.39 is 0 Å².